The van der Waals surface area contributed by atoms with Crippen molar-refractivity contribution in [3.05, 3.63) is 17.9 Å². The van der Waals surface area contributed by atoms with Crippen molar-refractivity contribution in [1.29, 1.82) is 0 Å². The molecule has 0 N–H and O–H groups in total. The Labute approximate surface area is 97.3 Å². The van der Waals surface area contributed by atoms with Gasteiger partial charge in [0.25, 0.3) is 0 Å². The molecule has 1 saturated heterocycles. The van der Waals surface area contributed by atoms with E-state index in [0.717, 1.165) is 26.1 Å². The van der Waals surface area contributed by atoms with Crippen LogP contribution in [0.15, 0.2) is 17.9 Å². The highest BCUT2D eigenvalue weighted by molar-refractivity contribution is 5.18. The smallest absolute Gasteiger partial charge is 0.169 e. The number of hydrogen-bond acceptors (Lipinski definition) is 2. The zero-order chi connectivity index (χ0) is 11.2. The zero-order valence-electron chi connectivity index (χ0n) is 10.1. The van der Waals surface area contributed by atoms with Gasteiger partial charge in [-0.25, -0.2) is 0 Å². The van der Waals surface area contributed by atoms with Gasteiger partial charge in [-0.15, -0.1) is 5.73 Å². The van der Waals surface area contributed by atoms with Crippen molar-refractivity contribution < 1.29 is 9.47 Å². The Morgan fingerprint density at radius 1 is 1.25 bits per heavy atom. The molecule has 0 radical (unpaired) electrons. The molecule has 0 unspecified atom stereocenters. The lowest BCUT2D eigenvalue weighted by Gasteiger charge is -2.44. The first kappa shape index (κ1) is 10.6. The minimum absolute atomic E-state index is 0.267. The van der Waals surface area contributed by atoms with Gasteiger partial charge >= 0.3 is 0 Å². The van der Waals surface area contributed by atoms with Crippen molar-refractivity contribution in [3.8, 4) is 0 Å². The van der Waals surface area contributed by atoms with Gasteiger partial charge < -0.3 is 9.47 Å². The highest BCUT2D eigenvalue weighted by Gasteiger charge is 2.53. The highest BCUT2D eigenvalue weighted by atomic mass is 16.7. The summed E-state index contributed by atoms with van der Waals surface area (Å²) in [6.07, 6.45) is 5.74. The van der Waals surface area contributed by atoms with E-state index in [2.05, 4.69) is 19.2 Å². The van der Waals surface area contributed by atoms with Crippen molar-refractivity contribution in [2.45, 2.75) is 44.8 Å². The van der Waals surface area contributed by atoms with Gasteiger partial charge in [0, 0.05) is 12.8 Å². The molecule has 2 heteroatoms. The predicted molar refractivity (Wildman–Crippen MR) is 62.0 cm³/mol. The second kappa shape index (κ2) is 3.46. The van der Waals surface area contributed by atoms with Crippen molar-refractivity contribution in [2.24, 2.45) is 11.3 Å². The lowest BCUT2D eigenvalue weighted by atomic mass is 9.67. The Morgan fingerprint density at radius 2 is 2.00 bits per heavy atom. The molecule has 16 heavy (non-hydrogen) atoms. The molecule has 2 saturated carbocycles. The average Bonchev–Trinajstić information content (AvgIpc) is 2.85. The summed E-state index contributed by atoms with van der Waals surface area (Å²) in [4.78, 5) is 0. The number of ether oxygens (including phenoxy) is 2. The van der Waals surface area contributed by atoms with Crippen molar-refractivity contribution in [2.75, 3.05) is 13.2 Å². The molecular weight excluding hydrogens is 200 g/mol. The molecule has 3 fully saturated rings. The maximum atomic E-state index is 5.84. The minimum atomic E-state index is -0.267. The van der Waals surface area contributed by atoms with Crippen LogP contribution >= 0.6 is 0 Å². The van der Waals surface area contributed by atoms with Crippen LogP contribution in [0.4, 0.5) is 0 Å². The quantitative estimate of drug-likeness (QED) is 0.584. The van der Waals surface area contributed by atoms with Crippen LogP contribution in [-0.4, -0.2) is 19.0 Å². The number of hydrogen-bond donors (Lipinski definition) is 0. The first-order valence-corrected chi connectivity index (χ1v) is 6.34. The average molecular weight is 220 g/mol. The van der Waals surface area contributed by atoms with Crippen LogP contribution in [0.1, 0.15) is 39.0 Å². The first-order valence-electron chi connectivity index (χ1n) is 6.34. The Morgan fingerprint density at radius 3 is 2.69 bits per heavy atom. The lowest BCUT2D eigenvalue weighted by Crippen LogP contribution is -2.43. The summed E-state index contributed by atoms with van der Waals surface area (Å²) < 4.78 is 11.7. The largest absolute Gasteiger partial charge is 0.348 e. The molecule has 0 aromatic heterocycles. The topological polar surface area (TPSA) is 18.5 Å². The fourth-order valence-electron chi connectivity index (χ4n) is 3.72. The molecule has 0 aromatic rings. The molecule has 1 heterocycles. The fourth-order valence-corrected chi connectivity index (χ4v) is 3.72. The summed E-state index contributed by atoms with van der Waals surface area (Å²) in [5.41, 5.74) is 5.00. The molecule has 1 spiro atoms. The third-order valence-corrected chi connectivity index (χ3v) is 4.86. The summed E-state index contributed by atoms with van der Waals surface area (Å²) in [6.45, 7) is 7.76. The van der Waals surface area contributed by atoms with Crippen LogP contribution in [-0.2, 0) is 9.47 Å². The third kappa shape index (κ3) is 1.41. The second-order valence-corrected chi connectivity index (χ2v) is 5.72. The molecule has 0 amide bonds. The molecule has 2 nitrogen and oxygen atoms in total. The minimum Gasteiger partial charge on any atom is -0.348 e. The molecule has 3 rings (SSSR count). The van der Waals surface area contributed by atoms with Crippen LogP contribution in [0.2, 0.25) is 0 Å². The van der Waals surface area contributed by atoms with Crippen LogP contribution in [0.5, 0.6) is 0 Å². The molecular formula is C14H20O2. The van der Waals surface area contributed by atoms with Crippen molar-refractivity contribution >= 4 is 0 Å². The Kier molecular flexibility index (Phi) is 2.29. The molecule has 1 aliphatic heterocycles. The standard InChI is InChI=1S/C14H20O2/c1-3-11-4-5-13(2)6-7-14(10-12(11)13)15-8-9-16-14/h12H,1,4-10H2,2H3/t12-,13-/m1/s1. The van der Waals surface area contributed by atoms with Crippen LogP contribution in [0.3, 0.4) is 0 Å². The molecule has 88 valence electrons. The van der Waals surface area contributed by atoms with E-state index in [1.807, 2.05) is 0 Å². The second-order valence-electron chi connectivity index (χ2n) is 5.72. The highest BCUT2D eigenvalue weighted by Crippen LogP contribution is 2.57. The molecule has 2 atom stereocenters. The van der Waals surface area contributed by atoms with Crippen molar-refractivity contribution in [3.63, 3.8) is 0 Å². The molecule has 0 bridgehead atoms. The van der Waals surface area contributed by atoms with Gasteiger partial charge in [-0.3, -0.25) is 0 Å². The van der Waals surface area contributed by atoms with E-state index in [1.165, 1.54) is 24.8 Å². The molecule has 0 aromatic carbocycles. The van der Waals surface area contributed by atoms with Gasteiger partial charge in [0.2, 0.25) is 0 Å². The molecule has 3 aliphatic rings. The van der Waals surface area contributed by atoms with E-state index in [0.29, 0.717) is 11.3 Å². The Bertz CT molecular complexity index is 348. The van der Waals surface area contributed by atoms with Gasteiger partial charge in [-0.2, -0.15) is 0 Å². The Hall–Kier alpha value is -0.560. The predicted octanol–water partition coefficient (Wildman–Crippen LogP) is 3.04. The van der Waals surface area contributed by atoms with E-state index < -0.39 is 0 Å². The van der Waals surface area contributed by atoms with Gasteiger partial charge in [0.1, 0.15) is 0 Å². The van der Waals surface area contributed by atoms with E-state index in [-0.39, 0.29) is 5.79 Å². The zero-order valence-corrected chi connectivity index (χ0v) is 10.1. The summed E-state index contributed by atoms with van der Waals surface area (Å²) in [7, 11) is 0. The monoisotopic (exact) mass is 220 g/mol. The normalized spacial score (nSPS) is 41.1. The van der Waals surface area contributed by atoms with Crippen LogP contribution in [0, 0.1) is 11.3 Å². The van der Waals surface area contributed by atoms with Crippen LogP contribution in [0.25, 0.3) is 0 Å². The SMILES string of the molecule is C=C=C1CC[C@]2(C)CCC3(C[C@H]12)OCCO3. The van der Waals surface area contributed by atoms with Gasteiger partial charge in [-0.1, -0.05) is 13.5 Å². The van der Waals surface area contributed by atoms with E-state index in [4.69, 9.17) is 9.47 Å². The summed E-state index contributed by atoms with van der Waals surface area (Å²) >= 11 is 0. The van der Waals surface area contributed by atoms with Gasteiger partial charge in [0.15, 0.2) is 5.79 Å². The third-order valence-electron chi connectivity index (χ3n) is 4.86. The van der Waals surface area contributed by atoms with E-state index in [1.54, 1.807) is 0 Å². The first-order chi connectivity index (χ1) is 7.68. The number of allylic oxidation sites excluding steroid dienone is 1. The van der Waals surface area contributed by atoms with Crippen LogP contribution < -0.4 is 0 Å². The van der Waals surface area contributed by atoms with E-state index in [9.17, 15) is 0 Å². The van der Waals surface area contributed by atoms with Crippen molar-refractivity contribution in [1.82, 2.24) is 0 Å². The summed E-state index contributed by atoms with van der Waals surface area (Å²) in [5.74, 6) is 0.313. The van der Waals surface area contributed by atoms with Gasteiger partial charge in [0.05, 0.1) is 13.2 Å². The fraction of sp³-hybridized carbons (Fsp3) is 0.786. The number of rotatable bonds is 0. The summed E-state index contributed by atoms with van der Waals surface area (Å²) in [6, 6.07) is 0. The van der Waals surface area contributed by atoms with Gasteiger partial charge in [-0.05, 0) is 36.2 Å². The maximum Gasteiger partial charge on any atom is 0.169 e. The summed E-state index contributed by atoms with van der Waals surface area (Å²) in [5, 5.41) is 0. The molecule has 2 aliphatic carbocycles. The number of fused-ring (bicyclic) bond motifs is 1. The maximum absolute atomic E-state index is 5.84. The lowest BCUT2D eigenvalue weighted by molar-refractivity contribution is -0.198. The Balaban J connectivity index is 1.89. The van der Waals surface area contributed by atoms with E-state index >= 15 is 0 Å².